The Labute approximate surface area is 150 Å². The highest BCUT2D eigenvalue weighted by Crippen LogP contribution is 2.48. The number of ether oxygens (including phenoxy) is 1. The molecule has 3 heterocycles. The van der Waals surface area contributed by atoms with Gasteiger partial charge in [-0.15, -0.1) is 0 Å². The van der Waals surface area contributed by atoms with Gasteiger partial charge in [-0.1, -0.05) is 48.0 Å². The fourth-order valence-electron chi connectivity index (χ4n) is 3.51. The molecule has 3 aromatic rings. The summed E-state index contributed by atoms with van der Waals surface area (Å²) in [6, 6.07) is 19.8. The van der Waals surface area contributed by atoms with Gasteiger partial charge in [-0.3, -0.25) is 0 Å². The summed E-state index contributed by atoms with van der Waals surface area (Å²) < 4.78 is 11.8. The maximum absolute atomic E-state index is 6.44. The molecule has 5 heteroatoms. The predicted octanol–water partition coefficient (Wildman–Crippen LogP) is 5.18. The Morgan fingerprint density at radius 1 is 0.960 bits per heavy atom. The van der Waals surface area contributed by atoms with Gasteiger partial charge in [-0.05, 0) is 24.3 Å². The molecule has 0 unspecified atom stereocenters. The third-order valence-electron chi connectivity index (χ3n) is 4.68. The lowest BCUT2D eigenvalue weighted by atomic mass is 9.97. The standard InChI is InChI=1S/C20H15ClN2O2/c21-15-8-3-1-6-13(15)20-23-17(14-7-2-4-9-18(14)25-20)12-16(22-23)19-10-5-11-24-19/h1-11,17,20H,12H2/t17-,20+/m0/s1. The SMILES string of the molecule is Clc1ccccc1[C@H]1Oc2ccccc2[C@@H]2CC(c3ccco3)=NN12. The minimum absolute atomic E-state index is 0.103. The van der Waals surface area contributed by atoms with Gasteiger partial charge in [0, 0.05) is 22.6 Å². The molecule has 25 heavy (non-hydrogen) atoms. The molecule has 0 spiro atoms. The molecule has 2 aromatic carbocycles. The van der Waals surface area contributed by atoms with Crippen molar-refractivity contribution in [2.24, 2.45) is 5.10 Å². The number of hydrogen-bond donors (Lipinski definition) is 0. The van der Waals surface area contributed by atoms with Gasteiger partial charge < -0.3 is 9.15 Å². The predicted molar refractivity (Wildman–Crippen MR) is 95.7 cm³/mol. The normalized spacial score (nSPS) is 21.3. The Bertz CT molecular complexity index is 952. The van der Waals surface area contributed by atoms with Gasteiger partial charge in [-0.2, -0.15) is 5.10 Å². The van der Waals surface area contributed by atoms with Crippen molar-refractivity contribution in [3.05, 3.63) is 88.8 Å². The molecule has 0 amide bonds. The van der Waals surface area contributed by atoms with Crippen molar-refractivity contribution in [1.82, 2.24) is 5.01 Å². The van der Waals surface area contributed by atoms with Crippen LogP contribution in [0.15, 0.2) is 76.4 Å². The van der Waals surface area contributed by atoms with E-state index in [2.05, 4.69) is 6.07 Å². The summed E-state index contributed by atoms with van der Waals surface area (Å²) in [5.41, 5.74) is 2.97. The summed E-state index contributed by atoms with van der Waals surface area (Å²) >= 11 is 6.44. The van der Waals surface area contributed by atoms with Crippen LogP contribution in [0.25, 0.3) is 0 Å². The quantitative estimate of drug-likeness (QED) is 0.639. The second-order valence-electron chi connectivity index (χ2n) is 6.15. The van der Waals surface area contributed by atoms with Crippen LogP contribution in [0.2, 0.25) is 5.02 Å². The van der Waals surface area contributed by atoms with E-state index in [1.807, 2.05) is 59.6 Å². The fraction of sp³-hybridized carbons (Fsp3) is 0.150. The molecule has 2 aliphatic rings. The Balaban J connectivity index is 1.63. The number of hydrazone groups is 1. The van der Waals surface area contributed by atoms with Gasteiger partial charge in [0.1, 0.15) is 17.2 Å². The van der Waals surface area contributed by atoms with E-state index in [4.69, 9.17) is 25.9 Å². The van der Waals surface area contributed by atoms with Crippen LogP contribution in [0.3, 0.4) is 0 Å². The first-order valence-corrected chi connectivity index (χ1v) is 8.59. The number of hydrogen-bond acceptors (Lipinski definition) is 4. The second-order valence-corrected chi connectivity index (χ2v) is 6.56. The zero-order valence-corrected chi connectivity index (χ0v) is 14.1. The van der Waals surface area contributed by atoms with Crippen molar-refractivity contribution in [3.8, 4) is 5.75 Å². The number of fused-ring (bicyclic) bond motifs is 3. The van der Waals surface area contributed by atoms with Crippen molar-refractivity contribution < 1.29 is 9.15 Å². The molecular formula is C20H15ClN2O2. The molecule has 2 atom stereocenters. The van der Waals surface area contributed by atoms with Crippen molar-refractivity contribution in [2.45, 2.75) is 18.7 Å². The summed E-state index contributed by atoms with van der Waals surface area (Å²) in [6.45, 7) is 0. The van der Waals surface area contributed by atoms with Crippen molar-refractivity contribution in [1.29, 1.82) is 0 Å². The maximum atomic E-state index is 6.44. The molecule has 1 aromatic heterocycles. The first-order chi connectivity index (χ1) is 12.3. The van der Waals surface area contributed by atoms with Gasteiger partial charge in [0.25, 0.3) is 0 Å². The lowest BCUT2D eigenvalue weighted by molar-refractivity contribution is -0.0189. The topological polar surface area (TPSA) is 38.0 Å². The highest BCUT2D eigenvalue weighted by molar-refractivity contribution is 6.31. The summed E-state index contributed by atoms with van der Waals surface area (Å²) in [4.78, 5) is 0. The largest absolute Gasteiger partial charge is 0.464 e. The number of nitrogens with zero attached hydrogens (tertiary/aromatic N) is 2. The van der Waals surface area contributed by atoms with Gasteiger partial charge in [0.15, 0.2) is 0 Å². The summed E-state index contributed by atoms with van der Waals surface area (Å²) in [6.07, 6.45) is 2.08. The van der Waals surface area contributed by atoms with Crippen LogP contribution in [-0.4, -0.2) is 10.7 Å². The number of rotatable bonds is 2. The van der Waals surface area contributed by atoms with E-state index in [-0.39, 0.29) is 12.3 Å². The van der Waals surface area contributed by atoms with E-state index in [0.29, 0.717) is 5.02 Å². The Morgan fingerprint density at radius 3 is 2.56 bits per heavy atom. The van der Waals surface area contributed by atoms with Gasteiger partial charge >= 0.3 is 0 Å². The zero-order valence-electron chi connectivity index (χ0n) is 13.3. The lowest BCUT2D eigenvalue weighted by Gasteiger charge is -2.38. The van der Waals surface area contributed by atoms with E-state index in [0.717, 1.165) is 34.8 Å². The number of furan rings is 1. The summed E-state index contributed by atoms with van der Waals surface area (Å²) in [7, 11) is 0. The van der Waals surface area contributed by atoms with Crippen LogP contribution in [-0.2, 0) is 0 Å². The average Bonchev–Trinajstić information content (AvgIpc) is 3.31. The molecular weight excluding hydrogens is 336 g/mol. The van der Waals surface area contributed by atoms with Gasteiger partial charge in [0.2, 0.25) is 6.23 Å². The molecule has 0 saturated heterocycles. The molecule has 0 aliphatic carbocycles. The van der Waals surface area contributed by atoms with E-state index in [1.54, 1.807) is 6.26 Å². The Morgan fingerprint density at radius 2 is 1.76 bits per heavy atom. The van der Waals surface area contributed by atoms with E-state index >= 15 is 0 Å². The molecule has 0 N–H and O–H groups in total. The smallest absolute Gasteiger partial charge is 0.215 e. The fourth-order valence-corrected chi connectivity index (χ4v) is 3.74. The maximum Gasteiger partial charge on any atom is 0.215 e. The van der Waals surface area contributed by atoms with Gasteiger partial charge in [-0.25, -0.2) is 5.01 Å². The minimum atomic E-state index is -0.360. The van der Waals surface area contributed by atoms with Crippen LogP contribution in [0.5, 0.6) is 5.75 Å². The van der Waals surface area contributed by atoms with Crippen molar-refractivity contribution in [2.75, 3.05) is 0 Å². The molecule has 5 rings (SSSR count). The molecule has 0 saturated carbocycles. The Kier molecular flexibility index (Phi) is 3.31. The third kappa shape index (κ3) is 2.33. The van der Waals surface area contributed by atoms with Gasteiger partial charge in [0.05, 0.1) is 12.3 Å². The summed E-state index contributed by atoms with van der Waals surface area (Å²) in [5, 5.41) is 7.50. The minimum Gasteiger partial charge on any atom is -0.464 e. The third-order valence-corrected chi connectivity index (χ3v) is 5.02. The first kappa shape index (κ1) is 14.6. The highest BCUT2D eigenvalue weighted by atomic mass is 35.5. The monoisotopic (exact) mass is 350 g/mol. The number of halogens is 1. The molecule has 4 nitrogen and oxygen atoms in total. The molecule has 0 bridgehead atoms. The van der Waals surface area contributed by atoms with E-state index < -0.39 is 0 Å². The van der Waals surface area contributed by atoms with E-state index in [9.17, 15) is 0 Å². The molecule has 124 valence electrons. The number of benzene rings is 2. The van der Waals surface area contributed by atoms with E-state index in [1.165, 1.54) is 0 Å². The average molecular weight is 351 g/mol. The first-order valence-electron chi connectivity index (χ1n) is 8.21. The van der Waals surface area contributed by atoms with Crippen molar-refractivity contribution in [3.63, 3.8) is 0 Å². The van der Waals surface area contributed by atoms with Crippen molar-refractivity contribution >= 4 is 17.3 Å². The zero-order chi connectivity index (χ0) is 16.8. The number of para-hydroxylation sites is 1. The highest BCUT2D eigenvalue weighted by Gasteiger charge is 2.41. The van der Waals surface area contributed by atoms with Crippen LogP contribution in [0.4, 0.5) is 0 Å². The van der Waals surface area contributed by atoms with Crippen LogP contribution in [0.1, 0.15) is 35.6 Å². The molecule has 0 radical (unpaired) electrons. The van der Waals surface area contributed by atoms with Crippen LogP contribution in [0, 0.1) is 0 Å². The molecule has 0 fully saturated rings. The Hall–Kier alpha value is -2.72. The second kappa shape index (κ2) is 5.67. The lowest BCUT2D eigenvalue weighted by Crippen LogP contribution is -2.33. The molecule has 2 aliphatic heterocycles. The van der Waals surface area contributed by atoms with Crippen LogP contribution < -0.4 is 4.74 Å². The summed E-state index contributed by atoms with van der Waals surface area (Å²) in [5.74, 6) is 1.68. The van der Waals surface area contributed by atoms with Crippen LogP contribution >= 0.6 is 11.6 Å².